The van der Waals surface area contributed by atoms with Gasteiger partial charge in [0.15, 0.2) is 0 Å². The third kappa shape index (κ3) is 4.43. The second-order valence-corrected chi connectivity index (χ2v) is 8.91. The van der Waals surface area contributed by atoms with E-state index in [1.807, 2.05) is 0 Å². The maximum Gasteiger partial charge on any atom is 0.338 e. The van der Waals surface area contributed by atoms with E-state index in [-0.39, 0.29) is 37.5 Å². The summed E-state index contributed by atoms with van der Waals surface area (Å²) in [5, 5.41) is 22.1. The van der Waals surface area contributed by atoms with Crippen LogP contribution in [-0.4, -0.2) is 40.6 Å². The summed E-state index contributed by atoms with van der Waals surface area (Å²) in [5.41, 5.74) is 5.77. The van der Waals surface area contributed by atoms with Crippen LogP contribution in [0, 0.1) is 20.2 Å². The van der Waals surface area contributed by atoms with Crippen molar-refractivity contribution in [2.24, 2.45) is 5.73 Å². The molecule has 0 spiro atoms. The summed E-state index contributed by atoms with van der Waals surface area (Å²) >= 11 is 0.899. The van der Waals surface area contributed by atoms with Gasteiger partial charge in [-0.15, -0.1) is 11.3 Å². The van der Waals surface area contributed by atoms with E-state index < -0.39 is 33.3 Å². The van der Waals surface area contributed by atoms with Gasteiger partial charge < -0.3 is 15.2 Å². The Balaban J connectivity index is 2.05. The van der Waals surface area contributed by atoms with Gasteiger partial charge in [0, 0.05) is 24.3 Å². The van der Waals surface area contributed by atoms with Gasteiger partial charge in [-0.3, -0.25) is 29.6 Å². The Hall–Kier alpha value is -5.11. The summed E-state index contributed by atoms with van der Waals surface area (Å²) in [5.74, 6) is -3.23. The number of hydrogen-bond donors (Lipinski definition) is 1. The molecule has 0 bridgehead atoms. The smallest absolute Gasteiger partial charge is 0.338 e. The van der Waals surface area contributed by atoms with Crippen molar-refractivity contribution >= 4 is 52.1 Å². The highest BCUT2D eigenvalue weighted by Crippen LogP contribution is 2.38. The first-order valence-electron chi connectivity index (χ1n) is 10.7. The van der Waals surface area contributed by atoms with Crippen LogP contribution in [-0.2, 0) is 19.1 Å². The second-order valence-electron chi connectivity index (χ2n) is 7.88. The number of carbonyl (C=O) groups excluding carboxylic acids is 2. The Bertz CT molecular complexity index is 1700. The lowest BCUT2D eigenvalue weighted by atomic mass is 9.83. The van der Waals surface area contributed by atoms with Crippen molar-refractivity contribution in [3.63, 3.8) is 0 Å². The van der Waals surface area contributed by atoms with Crippen molar-refractivity contribution in [1.29, 1.82) is 0 Å². The number of esters is 2. The molecular weight excluding hydrogens is 520 g/mol. The molecule has 0 saturated carbocycles. The van der Waals surface area contributed by atoms with E-state index in [0.29, 0.717) is 11.1 Å². The Morgan fingerprint density at radius 3 is 1.92 bits per heavy atom. The summed E-state index contributed by atoms with van der Waals surface area (Å²) in [6.07, 6.45) is 1.46. The normalized spacial score (nSPS) is 15.2. The van der Waals surface area contributed by atoms with Gasteiger partial charge in [0.1, 0.15) is 10.5 Å². The summed E-state index contributed by atoms with van der Waals surface area (Å²) in [6, 6.07) is 10.6. The molecule has 194 valence electrons. The number of benzene rings is 2. The number of nitrogens with zero attached hydrogens (tertiary/aromatic N) is 3. The number of hydrogen-bond acceptors (Lipinski definition) is 11. The zero-order valence-electron chi connectivity index (χ0n) is 19.8. The van der Waals surface area contributed by atoms with Crippen LogP contribution in [0.15, 0.2) is 58.9 Å². The van der Waals surface area contributed by atoms with Gasteiger partial charge in [-0.1, -0.05) is 12.1 Å². The summed E-state index contributed by atoms with van der Waals surface area (Å²) in [6.45, 7) is 0. The van der Waals surface area contributed by atoms with Gasteiger partial charge in [-0.2, -0.15) is 0 Å². The van der Waals surface area contributed by atoms with Gasteiger partial charge >= 0.3 is 11.9 Å². The Labute approximate surface area is 216 Å². The largest absolute Gasteiger partial charge is 0.466 e. The molecule has 38 heavy (non-hydrogen) atoms. The van der Waals surface area contributed by atoms with Crippen molar-refractivity contribution in [1.82, 2.24) is 4.57 Å². The topological polar surface area (TPSA) is 187 Å². The number of ether oxygens (including phenoxy) is 2. The summed E-state index contributed by atoms with van der Waals surface area (Å²) < 4.78 is 11.1. The average molecular weight is 538 g/mol. The first-order valence-corrected chi connectivity index (χ1v) is 11.5. The van der Waals surface area contributed by atoms with E-state index in [2.05, 4.69) is 0 Å². The molecule has 2 aromatic carbocycles. The van der Waals surface area contributed by atoms with Crippen LogP contribution in [0.5, 0.6) is 0 Å². The molecule has 0 fully saturated rings. The average Bonchev–Trinajstić information content (AvgIpc) is 3.23. The van der Waals surface area contributed by atoms with Crippen LogP contribution >= 0.6 is 11.3 Å². The first kappa shape index (κ1) is 26.0. The number of thiazole rings is 1. The molecule has 0 aliphatic carbocycles. The third-order valence-electron chi connectivity index (χ3n) is 5.80. The Kier molecular flexibility index (Phi) is 6.90. The second kappa shape index (κ2) is 10.1. The molecule has 0 amide bonds. The fourth-order valence-electron chi connectivity index (χ4n) is 4.03. The van der Waals surface area contributed by atoms with Crippen LogP contribution in [0.25, 0.3) is 17.5 Å². The number of aromatic nitrogens is 1. The number of nitro groups is 2. The molecule has 0 radical (unpaired) electrons. The molecular formula is C24H18N4O9S. The molecule has 1 atom stereocenters. The molecule has 1 aliphatic heterocycles. The van der Waals surface area contributed by atoms with Crippen molar-refractivity contribution < 1.29 is 28.9 Å². The molecule has 3 aromatic rings. The first-order chi connectivity index (χ1) is 18.1. The number of methoxy groups -OCH3 is 2. The van der Waals surface area contributed by atoms with E-state index in [1.165, 1.54) is 54.6 Å². The number of non-ortho nitro benzene ring substituents is 2. The predicted molar refractivity (Wildman–Crippen MR) is 135 cm³/mol. The quantitative estimate of drug-likeness (QED) is 0.269. The highest BCUT2D eigenvalue weighted by atomic mass is 32.1. The van der Waals surface area contributed by atoms with Crippen molar-refractivity contribution in [2.75, 3.05) is 14.2 Å². The van der Waals surface area contributed by atoms with Gasteiger partial charge in [0.05, 0.1) is 45.7 Å². The SMILES string of the molecule is COC(=O)C1=C(N)n2c(s/c(=C/c3ccc([N+](=O)[O-])cc3)c2=O)=C(C(=O)OC)C1c1ccc([N+](=O)[O-])cc1. The van der Waals surface area contributed by atoms with Crippen LogP contribution in [0.4, 0.5) is 11.4 Å². The van der Waals surface area contributed by atoms with E-state index in [0.717, 1.165) is 30.1 Å². The monoisotopic (exact) mass is 538 g/mol. The minimum atomic E-state index is -1.17. The van der Waals surface area contributed by atoms with E-state index in [4.69, 9.17) is 15.2 Å². The number of carbonyl (C=O) groups is 2. The summed E-state index contributed by atoms with van der Waals surface area (Å²) in [4.78, 5) is 60.3. The fraction of sp³-hybridized carbons (Fsp3) is 0.125. The lowest BCUT2D eigenvalue weighted by molar-refractivity contribution is -0.385. The van der Waals surface area contributed by atoms with Gasteiger partial charge in [0.2, 0.25) is 0 Å². The standard InChI is InChI=1S/C24H18N4O9S/c1-36-23(30)18-17(13-5-9-15(10-6-13)28(34)35)19(24(31)37-2)22-26(20(18)25)21(29)16(38-22)11-12-3-7-14(8-4-12)27(32)33/h3-11,17H,25H2,1-2H3/b16-11+. The lowest BCUT2D eigenvalue weighted by Gasteiger charge is -2.26. The van der Waals surface area contributed by atoms with E-state index in [1.54, 1.807) is 0 Å². The molecule has 1 aromatic heterocycles. The Morgan fingerprint density at radius 2 is 1.42 bits per heavy atom. The number of fused-ring (bicyclic) bond motifs is 1. The minimum absolute atomic E-state index is 0.0866. The highest BCUT2D eigenvalue weighted by molar-refractivity contribution is 7.07. The lowest BCUT2D eigenvalue weighted by Crippen LogP contribution is -2.41. The molecule has 1 unspecified atom stereocenters. The third-order valence-corrected chi connectivity index (χ3v) is 6.91. The minimum Gasteiger partial charge on any atom is -0.466 e. The molecule has 4 rings (SSSR count). The van der Waals surface area contributed by atoms with Crippen LogP contribution in [0.1, 0.15) is 17.0 Å². The molecule has 0 saturated heterocycles. The summed E-state index contributed by atoms with van der Waals surface area (Å²) in [7, 11) is 2.23. The fourth-order valence-corrected chi connectivity index (χ4v) is 5.20. The van der Waals surface area contributed by atoms with Crippen LogP contribution in [0.3, 0.4) is 0 Å². The predicted octanol–water partition coefficient (Wildman–Crippen LogP) is 0.976. The van der Waals surface area contributed by atoms with E-state index >= 15 is 0 Å². The maximum atomic E-state index is 13.4. The number of nitro benzene ring substituents is 2. The van der Waals surface area contributed by atoms with Gasteiger partial charge in [-0.25, -0.2) is 9.59 Å². The molecule has 2 N–H and O–H groups in total. The molecule has 13 nitrogen and oxygen atoms in total. The van der Waals surface area contributed by atoms with Gasteiger partial charge in [0.25, 0.3) is 16.9 Å². The maximum absolute atomic E-state index is 13.4. The van der Waals surface area contributed by atoms with Gasteiger partial charge in [-0.05, 0) is 29.3 Å². The number of nitrogens with two attached hydrogens (primary N) is 1. The van der Waals surface area contributed by atoms with Crippen LogP contribution < -0.4 is 20.5 Å². The zero-order chi connectivity index (χ0) is 27.7. The Morgan fingerprint density at radius 1 is 0.921 bits per heavy atom. The number of rotatable bonds is 6. The zero-order valence-corrected chi connectivity index (χ0v) is 20.6. The van der Waals surface area contributed by atoms with Crippen LogP contribution in [0.2, 0.25) is 0 Å². The van der Waals surface area contributed by atoms with Crippen molar-refractivity contribution in [2.45, 2.75) is 5.92 Å². The highest BCUT2D eigenvalue weighted by Gasteiger charge is 2.39. The van der Waals surface area contributed by atoms with Crippen molar-refractivity contribution in [3.8, 4) is 0 Å². The van der Waals surface area contributed by atoms with E-state index in [9.17, 15) is 34.6 Å². The van der Waals surface area contributed by atoms with Crippen molar-refractivity contribution in [3.05, 3.63) is 105 Å². The molecule has 2 heterocycles. The molecule has 1 aliphatic rings. The molecule has 14 heteroatoms.